The Morgan fingerprint density at radius 2 is 1.30 bits per heavy atom. The minimum Gasteiger partial charge on any atom is -0.457 e. The molecule has 9 rings (SSSR count). The summed E-state index contributed by atoms with van der Waals surface area (Å²) in [4.78, 5) is 4.79. The molecule has 2 aliphatic carbocycles. The van der Waals surface area contributed by atoms with Gasteiger partial charge in [-0.05, 0) is 124 Å². The maximum atomic E-state index is 6.83. The van der Waals surface area contributed by atoms with Gasteiger partial charge in [0, 0.05) is 46.5 Å². The van der Waals surface area contributed by atoms with E-state index in [0.717, 1.165) is 39.6 Å². The maximum absolute atomic E-state index is 6.83. The van der Waals surface area contributed by atoms with Crippen LogP contribution in [-0.2, 0) is 0 Å². The van der Waals surface area contributed by atoms with Crippen molar-refractivity contribution in [3.05, 3.63) is 131 Å². The van der Waals surface area contributed by atoms with E-state index in [0.29, 0.717) is 11.8 Å². The highest BCUT2D eigenvalue weighted by atomic mass is 16.5. The average Bonchev–Trinajstić information content (AvgIpc) is 3.72. The number of aryl methyl sites for hydroxylation is 4. The standard InChI is InChI=1S/C48H50N4O/c1-31-24-25-49-44(28-31)51-42-21-12-11-20-40(42)41-23-22-38(30-43(41)51)53-39-27-32(2)26-37(29-39)52-48(36-18-9-6-10-19-36)46(45-33(3)14-13-15-34(45)4)47(50-52)35-16-7-5-8-17-35/h11-15,20-30,35-36H,5-10,16-19H2,1-4H3. The third kappa shape index (κ3) is 6.24. The second-order valence-corrected chi connectivity index (χ2v) is 15.8. The van der Waals surface area contributed by atoms with E-state index in [1.807, 2.05) is 12.3 Å². The molecule has 53 heavy (non-hydrogen) atoms. The number of hydrogen-bond acceptors (Lipinski definition) is 3. The van der Waals surface area contributed by atoms with E-state index in [4.69, 9.17) is 14.8 Å². The van der Waals surface area contributed by atoms with E-state index >= 15 is 0 Å². The zero-order valence-electron chi connectivity index (χ0n) is 31.7. The Kier molecular flexibility index (Phi) is 8.89. The highest BCUT2D eigenvalue weighted by Crippen LogP contribution is 2.47. The molecule has 0 N–H and O–H groups in total. The summed E-state index contributed by atoms with van der Waals surface area (Å²) < 4.78 is 11.4. The third-order valence-electron chi connectivity index (χ3n) is 12.0. The molecule has 0 unspecified atom stereocenters. The van der Waals surface area contributed by atoms with Crippen molar-refractivity contribution in [2.75, 3.05) is 0 Å². The second-order valence-electron chi connectivity index (χ2n) is 15.8. The van der Waals surface area contributed by atoms with Gasteiger partial charge in [0.15, 0.2) is 0 Å². The Hall–Kier alpha value is -5.16. The number of rotatable bonds is 7. The molecule has 3 heterocycles. The fraction of sp³-hybridized carbons (Fsp3) is 0.333. The van der Waals surface area contributed by atoms with Gasteiger partial charge in [0.2, 0.25) is 0 Å². The molecule has 0 spiro atoms. The molecule has 3 aromatic heterocycles. The van der Waals surface area contributed by atoms with Crippen LogP contribution >= 0.6 is 0 Å². The van der Waals surface area contributed by atoms with Crippen molar-refractivity contribution in [1.82, 2.24) is 19.3 Å². The lowest BCUT2D eigenvalue weighted by Crippen LogP contribution is -2.12. The molecular formula is C48H50N4O. The first kappa shape index (κ1) is 33.7. The van der Waals surface area contributed by atoms with Gasteiger partial charge in [-0.3, -0.25) is 4.57 Å². The van der Waals surface area contributed by atoms with Gasteiger partial charge in [-0.1, -0.05) is 74.9 Å². The number of nitrogens with zero attached hydrogens (tertiary/aromatic N) is 4. The molecule has 7 aromatic rings. The minimum atomic E-state index is 0.479. The molecular weight excluding hydrogens is 649 g/mol. The number of pyridine rings is 1. The smallest absolute Gasteiger partial charge is 0.137 e. The fourth-order valence-electron chi connectivity index (χ4n) is 9.47. The van der Waals surface area contributed by atoms with Gasteiger partial charge < -0.3 is 4.74 Å². The maximum Gasteiger partial charge on any atom is 0.137 e. The summed E-state index contributed by atoms with van der Waals surface area (Å²) in [6, 6.07) is 32.7. The van der Waals surface area contributed by atoms with Crippen LogP contribution in [0.4, 0.5) is 0 Å². The van der Waals surface area contributed by atoms with Crippen LogP contribution in [0.15, 0.2) is 97.2 Å². The Labute approximate surface area is 313 Å². The van der Waals surface area contributed by atoms with E-state index in [9.17, 15) is 0 Å². The minimum absolute atomic E-state index is 0.479. The zero-order chi connectivity index (χ0) is 36.1. The summed E-state index contributed by atoms with van der Waals surface area (Å²) in [6.45, 7) is 8.88. The second kappa shape index (κ2) is 14.0. The Bertz CT molecular complexity index is 2430. The zero-order valence-corrected chi connectivity index (χ0v) is 31.7. The predicted molar refractivity (Wildman–Crippen MR) is 218 cm³/mol. The van der Waals surface area contributed by atoms with Gasteiger partial charge in [-0.2, -0.15) is 5.10 Å². The van der Waals surface area contributed by atoms with Gasteiger partial charge in [-0.15, -0.1) is 0 Å². The van der Waals surface area contributed by atoms with Crippen LogP contribution in [0.3, 0.4) is 0 Å². The van der Waals surface area contributed by atoms with E-state index in [1.165, 1.54) is 114 Å². The van der Waals surface area contributed by atoms with E-state index < -0.39 is 0 Å². The summed E-state index contributed by atoms with van der Waals surface area (Å²) in [5.41, 5.74) is 13.9. The van der Waals surface area contributed by atoms with Crippen LogP contribution < -0.4 is 4.74 Å². The third-order valence-corrected chi connectivity index (χ3v) is 12.0. The van der Waals surface area contributed by atoms with E-state index in [-0.39, 0.29) is 0 Å². The average molecular weight is 699 g/mol. The SMILES string of the molecule is Cc1cc(Oc2ccc3c4ccccc4n(-c4cc(C)ccn4)c3c2)cc(-n2nc(C3CCCCC3)c(-c3c(C)cccc3C)c2C2CCCCC2)c1. The topological polar surface area (TPSA) is 44.9 Å². The van der Waals surface area contributed by atoms with Crippen LogP contribution in [0.5, 0.6) is 11.5 Å². The van der Waals surface area contributed by atoms with Crippen LogP contribution in [0.1, 0.15) is 110 Å². The molecule has 0 bridgehead atoms. The van der Waals surface area contributed by atoms with Crippen molar-refractivity contribution in [2.45, 2.75) is 104 Å². The molecule has 5 nitrogen and oxygen atoms in total. The van der Waals surface area contributed by atoms with Gasteiger partial charge in [-0.25, -0.2) is 9.67 Å². The van der Waals surface area contributed by atoms with Gasteiger partial charge in [0.1, 0.15) is 17.3 Å². The number of benzene rings is 4. The molecule has 2 saturated carbocycles. The van der Waals surface area contributed by atoms with E-state index in [1.54, 1.807) is 0 Å². The summed E-state index contributed by atoms with van der Waals surface area (Å²) in [5.74, 6) is 3.51. The van der Waals surface area contributed by atoms with Gasteiger partial charge in [0.25, 0.3) is 0 Å². The molecule has 0 aliphatic heterocycles. The molecule has 0 atom stereocenters. The van der Waals surface area contributed by atoms with Crippen molar-refractivity contribution < 1.29 is 4.74 Å². The molecule has 0 saturated heterocycles. The lowest BCUT2D eigenvalue weighted by atomic mass is 9.79. The lowest BCUT2D eigenvalue weighted by molar-refractivity contribution is 0.428. The summed E-state index contributed by atoms with van der Waals surface area (Å²) in [6.07, 6.45) is 14.5. The number of ether oxygens (including phenoxy) is 1. The van der Waals surface area contributed by atoms with Crippen LogP contribution in [0.25, 0.3) is 44.4 Å². The van der Waals surface area contributed by atoms with Crippen molar-refractivity contribution in [3.8, 4) is 34.1 Å². The predicted octanol–water partition coefficient (Wildman–Crippen LogP) is 13.2. The quantitative estimate of drug-likeness (QED) is 0.166. The lowest BCUT2D eigenvalue weighted by Gasteiger charge is -2.26. The largest absolute Gasteiger partial charge is 0.457 e. The first-order valence-corrected chi connectivity index (χ1v) is 19.9. The molecule has 4 aromatic carbocycles. The highest BCUT2D eigenvalue weighted by Gasteiger charge is 2.33. The number of fused-ring (bicyclic) bond motifs is 3. The monoisotopic (exact) mass is 698 g/mol. The molecule has 2 aliphatic rings. The van der Waals surface area contributed by atoms with E-state index in [2.05, 4.69) is 122 Å². The Balaban J connectivity index is 1.19. The van der Waals surface area contributed by atoms with Gasteiger partial charge >= 0.3 is 0 Å². The summed E-state index contributed by atoms with van der Waals surface area (Å²) >= 11 is 0. The van der Waals surface area contributed by atoms with Crippen molar-refractivity contribution >= 4 is 21.8 Å². The highest BCUT2D eigenvalue weighted by molar-refractivity contribution is 6.09. The Morgan fingerprint density at radius 3 is 2.06 bits per heavy atom. The van der Waals surface area contributed by atoms with Crippen LogP contribution in [-0.4, -0.2) is 19.3 Å². The molecule has 0 radical (unpaired) electrons. The van der Waals surface area contributed by atoms with Crippen LogP contribution in [0.2, 0.25) is 0 Å². The van der Waals surface area contributed by atoms with Crippen molar-refractivity contribution in [1.29, 1.82) is 0 Å². The van der Waals surface area contributed by atoms with Crippen molar-refractivity contribution in [3.63, 3.8) is 0 Å². The molecule has 2 fully saturated rings. The van der Waals surface area contributed by atoms with Crippen molar-refractivity contribution in [2.24, 2.45) is 0 Å². The number of aromatic nitrogens is 4. The molecule has 5 heteroatoms. The number of para-hydroxylation sites is 1. The normalized spacial score (nSPS) is 15.8. The summed E-state index contributed by atoms with van der Waals surface area (Å²) in [5, 5.41) is 8.09. The Morgan fingerprint density at radius 1 is 0.585 bits per heavy atom. The molecule has 0 amide bonds. The molecule has 268 valence electrons. The van der Waals surface area contributed by atoms with Crippen LogP contribution in [0, 0.1) is 27.7 Å². The first-order valence-electron chi connectivity index (χ1n) is 19.9. The summed E-state index contributed by atoms with van der Waals surface area (Å²) in [7, 11) is 0. The number of hydrogen-bond donors (Lipinski definition) is 0. The fourth-order valence-corrected chi connectivity index (χ4v) is 9.47. The van der Waals surface area contributed by atoms with Gasteiger partial charge in [0.05, 0.1) is 28.1 Å². The first-order chi connectivity index (χ1) is 25.9.